The minimum Gasteiger partial charge on any atom is -0.477 e. The van der Waals surface area contributed by atoms with Gasteiger partial charge in [0.2, 0.25) is 5.91 Å². The zero-order valence-corrected chi connectivity index (χ0v) is 22.9. The molecule has 12 nitrogen and oxygen atoms in total. The highest BCUT2D eigenvalue weighted by Gasteiger charge is 2.68. The van der Waals surface area contributed by atoms with Gasteiger partial charge in [0.25, 0.3) is 0 Å². The van der Waals surface area contributed by atoms with Gasteiger partial charge in [-0.05, 0) is 50.3 Å². The Bertz CT molecular complexity index is 1200. The van der Waals surface area contributed by atoms with Crippen LogP contribution in [0.1, 0.15) is 36.8 Å². The van der Waals surface area contributed by atoms with E-state index in [0.717, 1.165) is 24.9 Å². The van der Waals surface area contributed by atoms with Gasteiger partial charge in [-0.15, -0.1) is 0 Å². The van der Waals surface area contributed by atoms with Crippen molar-refractivity contribution in [2.24, 2.45) is 28.1 Å². The lowest BCUT2D eigenvalue weighted by Crippen LogP contribution is -2.55. The standard InChI is InChI=1S/C27H39N7O5/c1-32(24(36)17(28)5-4-10-31-25(29)30)11-12-33(2)26(37)38-20-9-6-15-13-18-16-7-8-19(35)23-27(16,14-34(18)3)21(15)22(20)39-23/h6,9,16-18,23H,4-5,7-8,10-14,28H2,1-3H3,(H4,29,30,31)/t16?,17-,18+,23?,27-/m0/s1. The van der Waals surface area contributed by atoms with Gasteiger partial charge >= 0.3 is 6.09 Å². The van der Waals surface area contributed by atoms with Gasteiger partial charge in [-0.3, -0.25) is 14.6 Å². The number of hydrogen-bond acceptors (Lipinski definition) is 8. The SMILES string of the molecule is CN(CCN(C)C(=O)[C@@H](N)CCCN=C(N)N)C(=O)Oc1ccc2c3c1OC1C(=O)CCC4[C@@H](C2)N(C)C[C@]314. The van der Waals surface area contributed by atoms with Crippen LogP contribution in [0.2, 0.25) is 0 Å². The Kier molecular flexibility index (Phi) is 7.19. The largest absolute Gasteiger partial charge is 0.477 e. The summed E-state index contributed by atoms with van der Waals surface area (Å²) in [5.41, 5.74) is 18.5. The zero-order chi connectivity index (χ0) is 28.1. The van der Waals surface area contributed by atoms with Crippen LogP contribution < -0.4 is 26.7 Å². The maximum Gasteiger partial charge on any atom is 0.415 e. The fourth-order valence-electron chi connectivity index (χ4n) is 7.03. The summed E-state index contributed by atoms with van der Waals surface area (Å²) in [6.45, 7) is 1.72. The Balaban J connectivity index is 1.22. The first-order chi connectivity index (χ1) is 18.5. The molecule has 1 saturated carbocycles. The number of amides is 2. The number of nitrogens with zero attached hydrogens (tertiary/aromatic N) is 4. The summed E-state index contributed by atoms with van der Waals surface area (Å²) in [6.07, 6.45) is 2.23. The smallest absolute Gasteiger partial charge is 0.415 e. The van der Waals surface area contributed by atoms with Crippen LogP contribution in [-0.2, 0) is 21.4 Å². The molecular weight excluding hydrogens is 502 g/mol. The molecule has 6 N–H and O–H groups in total. The van der Waals surface area contributed by atoms with E-state index in [1.165, 1.54) is 15.4 Å². The summed E-state index contributed by atoms with van der Waals surface area (Å²) in [5, 5.41) is 0. The van der Waals surface area contributed by atoms with Gasteiger partial charge in [0, 0.05) is 58.3 Å². The van der Waals surface area contributed by atoms with Crippen molar-refractivity contribution in [2.75, 3.05) is 47.3 Å². The monoisotopic (exact) mass is 541 g/mol. The summed E-state index contributed by atoms with van der Waals surface area (Å²) in [6, 6.07) is 3.50. The number of likely N-dealkylation sites (tertiary alicyclic amines) is 1. The first-order valence-electron chi connectivity index (χ1n) is 13.6. The Labute approximate surface area is 228 Å². The van der Waals surface area contributed by atoms with Crippen molar-refractivity contribution in [3.05, 3.63) is 23.3 Å². The Morgan fingerprint density at radius 1 is 1.26 bits per heavy atom. The number of nitrogens with two attached hydrogens (primary N) is 3. The number of Topliss-reactive ketones (excluding diaryl/α,β-unsaturated/α-hetero) is 1. The lowest BCUT2D eigenvalue weighted by Gasteiger charge is -2.43. The maximum atomic E-state index is 13.0. The van der Waals surface area contributed by atoms with E-state index in [2.05, 4.69) is 16.9 Å². The Hall–Kier alpha value is -3.38. The first-order valence-corrected chi connectivity index (χ1v) is 13.6. The third kappa shape index (κ3) is 4.59. The number of hydrogen-bond donors (Lipinski definition) is 3. The van der Waals surface area contributed by atoms with Gasteiger partial charge in [0.05, 0.1) is 11.5 Å². The number of likely N-dealkylation sites (N-methyl/N-ethyl adjacent to an activating group) is 3. The summed E-state index contributed by atoms with van der Waals surface area (Å²) in [5.74, 6) is 1.14. The van der Waals surface area contributed by atoms with Crippen molar-refractivity contribution in [2.45, 2.75) is 55.7 Å². The van der Waals surface area contributed by atoms with E-state index in [1.54, 1.807) is 20.2 Å². The molecule has 2 aliphatic carbocycles. The molecule has 1 aromatic carbocycles. The van der Waals surface area contributed by atoms with Crippen molar-refractivity contribution >= 4 is 23.7 Å². The third-order valence-corrected chi connectivity index (χ3v) is 8.94. The Morgan fingerprint density at radius 3 is 2.74 bits per heavy atom. The number of aliphatic imine (C=N–C) groups is 1. The molecule has 2 amide bonds. The number of rotatable bonds is 9. The van der Waals surface area contributed by atoms with Gasteiger partial charge in [-0.2, -0.15) is 0 Å². The normalized spacial score (nSPS) is 26.9. The fraction of sp³-hybridized carbons (Fsp3) is 0.630. The van der Waals surface area contributed by atoms with Gasteiger partial charge < -0.3 is 41.4 Å². The topological polar surface area (TPSA) is 170 Å². The summed E-state index contributed by atoms with van der Waals surface area (Å²) >= 11 is 0. The van der Waals surface area contributed by atoms with E-state index in [4.69, 9.17) is 26.7 Å². The lowest BCUT2D eigenvalue weighted by atomic mass is 9.57. The lowest BCUT2D eigenvalue weighted by molar-refractivity contribution is -0.132. The van der Waals surface area contributed by atoms with Crippen LogP contribution >= 0.6 is 0 Å². The molecule has 2 heterocycles. The minimum absolute atomic E-state index is 0.00752. The summed E-state index contributed by atoms with van der Waals surface area (Å²) < 4.78 is 12.1. The molecule has 2 aliphatic heterocycles. The van der Waals surface area contributed by atoms with Crippen molar-refractivity contribution in [3.8, 4) is 11.5 Å². The number of ether oxygens (including phenoxy) is 2. The van der Waals surface area contributed by atoms with Crippen LogP contribution in [0.4, 0.5) is 4.79 Å². The molecule has 4 aliphatic rings. The molecule has 2 bridgehead atoms. The average molecular weight is 542 g/mol. The zero-order valence-electron chi connectivity index (χ0n) is 22.9. The van der Waals surface area contributed by atoms with Crippen molar-refractivity contribution in [1.29, 1.82) is 0 Å². The molecule has 1 aromatic rings. The maximum absolute atomic E-state index is 13.0. The number of guanidine groups is 1. The highest BCUT2D eigenvalue weighted by Crippen LogP contribution is 2.63. The number of carbonyl (C=O) groups excluding carboxylic acids is 3. The van der Waals surface area contributed by atoms with Gasteiger partial charge in [0.15, 0.2) is 29.3 Å². The fourth-order valence-corrected chi connectivity index (χ4v) is 7.03. The molecule has 212 valence electrons. The predicted molar refractivity (Wildman–Crippen MR) is 145 cm³/mol. The van der Waals surface area contributed by atoms with E-state index in [0.29, 0.717) is 49.3 Å². The van der Waals surface area contributed by atoms with Crippen LogP contribution in [0.15, 0.2) is 17.1 Å². The van der Waals surface area contributed by atoms with E-state index in [9.17, 15) is 14.4 Å². The van der Waals surface area contributed by atoms with Gasteiger partial charge in [0.1, 0.15) is 0 Å². The van der Waals surface area contributed by atoms with E-state index < -0.39 is 18.2 Å². The van der Waals surface area contributed by atoms with Crippen molar-refractivity contribution in [1.82, 2.24) is 14.7 Å². The summed E-state index contributed by atoms with van der Waals surface area (Å²) in [4.78, 5) is 47.8. The molecule has 2 unspecified atom stereocenters. The first kappa shape index (κ1) is 27.2. The molecule has 5 atom stereocenters. The Morgan fingerprint density at radius 2 is 2.00 bits per heavy atom. The number of ketones is 1. The second-order valence-electron chi connectivity index (χ2n) is 11.4. The number of carbonyl (C=O) groups is 3. The van der Waals surface area contributed by atoms with Crippen molar-refractivity contribution in [3.63, 3.8) is 0 Å². The van der Waals surface area contributed by atoms with E-state index in [-0.39, 0.29) is 36.2 Å². The number of benzene rings is 1. The van der Waals surface area contributed by atoms with Gasteiger partial charge in [-0.1, -0.05) is 6.07 Å². The highest BCUT2D eigenvalue weighted by molar-refractivity contribution is 5.89. The van der Waals surface area contributed by atoms with Crippen LogP contribution in [0.3, 0.4) is 0 Å². The molecule has 12 heteroatoms. The second-order valence-corrected chi connectivity index (χ2v) is 11.4. The van der Waals surface area contributed by atoms with E-state index in [1.807, 2.05) is 6.07 Å². The second kappa shape index (κ2) is 10.3. The summed E-state index contributed by atoms with van der Waals surface area (Å²) in [7, 11) is 5.39. The van der Waals surface area contributed by atoms with Crippen molar-refractivity contribution < 1.29 is 23.9 Å². The quantitative estimate of drug-likeness (QED) is 0.218. The molecule has 2 fully saturated rings. The van der Waals surface area contributed by atoms with E-state index >= 15 is 0 Å². The van der Waals surface area contributed by atoms with Crippen LogP contribution in [-0.4, -0.2) is 104 Å². The molecular formula is C27H39N7O5. The molecule has 1 spiro atoms. The van der Waals surface area contributed by atoms with Gasteiger partial charge in [-0.25, -0.2) is 4.79 Å². The van der Waals surface area contributed by atoms with Crippen LogP contribution in [0, 0.1) is 5.92 Å². The van der Waals surface area contributed by atoms with Crippen LogP contribution in [0.25, 0.3) is 0 Å². The molecule has 5 rings (SSSR count). The average Bonchev–Trinajstić information content (AvgIpc) is 3.35. The molecule has 1 saturated heterocycles. The minimum atomic E-state index is -0.679. The van der Waals surface area contributed by atoms with Crippen LogP contribution in [0.5, 0.6) is 11.5 Å². The molecule has 0 aromatic heterocycles. The predicted octanol–water partition coefficient (Wildman–Crippen LogP) is -0.195. The highest BCUT2D eigenvalue weighted by atomic mass is 16.6. The third-order valence-electron chi connectivity index (χ3n) is 8.94. The molecule has 0 radical (unpaired) electrons. The molecule has 39 heavy (non-hydrogen) atoms.